The van der Waals surface area contributed by atoms with Gasteiger partial charge in [0.2, 0.25) is 0 Å². The summed E-state index contributed by atoms with van der Waals surface area (Å²) in [5, 5.41) is 0. The summed E-state index contributed by atoms with van der Waals surface area (Å²) in [5.74, 6) is 0.788. The van der Waals surface area contributed by atoms with E-state index in [-0.39, 0.29) is 23.0 Å². The first-order valence-electron chi connectivity index (χ1n) is 8.05. The van der Waals surface area contributed by atoms with Crippen molar-refractivity contribution in [1.82, 2.24) is 0 Å². The van der Waals surface area contributed by atoms with Gasteiger partial charge in [-0.05, 0) is 64.2 Å². The van der Waals surface area contributed by atoms with Gasteiger partial charge in [-0.3, -0.25) is 9.59 Å². The number of esters is 2. The van der Waals surface area contributed by atoms with Crippen molar-refractivity contribution in [3.63, 3.8) is 0 Å². The van der Waals surface area contributed by atoms with E-state index in [2.05, 4.69) is 0 Å². The van der Waals surface area contributed by atoms with Crippen LogP contribution in [0.5, 0.6) is 0 Å². The predicted molar refractivity (Wildman–Crippen MR) is 77.5 cm³/mol. The summed E-state index contributed by atoms with van der Waals surface area (Å²) in [4.78, 5) is 23.1. The van der Waals surface area contributed by atoms with Crippen LogP contribution in [0.4, 0.5) is 0 Å². The molecule has 4 aliphatic rings. The summed E-state index contributed by atoms with van der Waals surface area (Å²) in [7, 11) is 0. The Labute approximate surface area is 126 Å². The van der Waals surface area contributed by atoms with Crippen LogP contribution in [0.15, 0.2) is 0 Å². The van der Waals surface area contributed by atoms with Crippen LogP contribution >= 0.6 is 0 Å². The van der Waals surface area contributed by atoms with Crippen LogP contribution in [0.3, 0.4) is 0 Å². The van der Waals surface area contributed by atoms with Crippen LogP contribution in [-0.2, 0) is 19.1 Å². The molecular formula is C17H26O4. The molecule has 2 atom stereocenters. The van der Waals surface area contributed by atoms with Gasteiger partial charge in [0.1, 0.15) is 11.2 Å². The van der Waals surface area contributed by atoms with Crippen LogP contribution < -0.4 is 0 Å². The quantitative estimate of drug-likeness (QED) is 0.750. The lowest BCUT2D eigenvalue weighted by Crippen LogP contribution is -2.63. The molecule has 0 heterocycles. The van der Waals surface area contributed by atoms with Gasteiger partial charge in [0, 0.05) is 19.3 Å². The van der Waals surface area contributed by atoms with Crippen molar-refractivity contribution >= 4 is 11.9 Å². The molecule has 0 saturated heterocycles. The Kier molecular flexibility index (Phi) is 3.16. The van der Waals surface area contributed by atoms with Crippen LogP contribution in [0.25, 0.3) is 0 Å². The Balaban J connectivity index is 1.93. The highest BCUT2D eigenvalue weighted by molar-refractivity contribution is 5.67. The third-order valence-corrected chi connectivity index (χ3v) is 6.04. The normalized spacial score (nSPS) is 41.0. The van der Waals surface area contributed by atoms with Gasteiger partial charge in [-0.1, -0.05) is 0 Å². The second-order valence-corrected chi connectivity index (χ2v) is 8.12. The summed E-state index contributed by atoms with van der Waals surface area (Å²) >= 11 is 0. The van der Waals surface area contributed by atoms with Crippen LogP contribution in [0.1, 0.15) is 66.2 Å². The van der Waals surface area contributed by atoms with E-state index in [1.165, 1.54) is 20.3 Å². The van der Waals surface area contributed by atoms with Gasteiger partial charge >= 0.3 is 11.9 Å². The summed E-state index contributed by atoms with van der Waals surface area (Å²) < 4.78 is 11.5. The maximum Gasteiger partial charge on any atom is 0.303 e. The average molecular weight is 294 g/mol. The Hall–Kier alpha value is -1.06. The zero-order chi connectivity index (χ0) is 15.5. The average Bonchev–Trinajstić information content (AvgIpc) is 2.22. The molecule has 0 aliphatic heterocycles. The minimum Gasteiger partial charge on any atom is -0.459 e. The molecule has 0 N–H and O–H groups in total. The molecule has 0 aromatic carbocycles. The first kappa shape index (κ1) is 14.9. The summed E-state index contributed by atoms with van der Waals surface area (Å²) in [6, 6.07) is 0. The van der Waals surface area contributed by atoms with Crippen LogP contribution in [-0.4, -0.2) is 23.1 Å². The molecule has 21 heavy (non-hydrogen) atoms. The minimum absolute atomic E-state index is 0.0434. The topological polar surface area (TPSA) is 52.6 Å². The molecule has 0 aromatic rings. The van der Waals surface area contributed by atoms with Crippen LogP contribution in [0.2, 0.25) is 0 Å². The zero-order valence-electron chi connectivity index (χ0n) is 13.5. The molecule has 4 aliphatic carbocycles. The van der Waals surface area contributed by atoms with Crippen LogP contribution in [0, 0.1) is 17.3 Å². The summed E-state index contributed by atoms with van der Waals surface area (Å²) in [5.41, 5.74) is -0.854. The molecule has 4 heteroatoms. The Morgan fingerprint density at radius 2 is 1.57 bits per heavy atom. The van der Waals surface area contributed by atoms with E-state index in [1.807, 2.05) is 13.8 Å². The van der Waals surface area contributed by atoms with Crippen molar-refractivity contribution in [1.29, 1.82) is 0 Å². The lowest BCUT2D eigenvalue weighted by Gasteiger charge is -2.64. The lowest BCUT2D eigenvalue weighted by atomic mass is 9.44. The van der Waals surface area contributed by atoms with Gasteiger partial charge in [0.15, 0.2) is 0 Å². The van der Waals surface area contributed by atoms with Gasteiger partial charge in [-0.15, -0.1) is 0 Å². The first-order chi connectivity index (χ1) is 9.65. The van der Waals surface area contributed by atoms with Crippen molar-refractivity contribution in [2.45, 2.75) is 77.4 Å². The van der Waals surface area contributed by atoms with E-state index in [0.717, 1.165) is 32.1 Å². The molecule has 0 radical (unpaired) electrons. The SMILES string of the molecule is CC(=O)OC12C[C@@H]3C[C@@H](C1)CC(C(C)(C)OC(C)=O)(C3)C2. The third-order valence-electron chi connectivity index (χ3n) is 6.04. The highest BCUT2D eigenvalue weighted by atomic mass is 16.6. The first-order valence-corrected chi connectivity index (χ1v) is 8.05. The fourth-order valence-electron chi connectivity index (χ4n) is 5.77. The fraction of sp³-hybridized carbons (Fsp3) is 0.882. The molecule has 118 valence electrons. The van der Waals surface area contributed by atoms with E-state index in [0.29, 0.717) is 11.8 Å². The van der Waals surface area contributed by atoms with E-state index in [4.69, 9.17) is 9.47 Å². The second kappa shape index (κ2) is 4.47. The maximum absolute atomic E-state index is 11.6. The van der Waals surface area contributed by atoms with Crippen molar-refractivity contribution in [3.05, 3.63) is 0 Å². The molecule has 0 spiro atoms. The molecule has 4 bridgehead atoms. The molecule has 4 saturated carbocycles. The molecule has 0 amide bonds. The van der Waals surface area contributed by atoms with Gasteiger partial charge < -0.3 is 9.47 Å². The molecule has 4 nitrogen and oxygen atoms in total. The largest absolute Gasteiger partial charge is 0.459 e. The second-order valence-electron chi connectivity index (χ2n) is 8.12. The zero-order valence-corrected chi connectivity index (χ0v) is 13.5. The Morgan fingerprint density at radius 3 is 2.05 bits per heavy atom. The molecule has 0 aromatic heterocycles. The number of carbonyl (C=O) groups excluding carboxylic acids is 2. The number of rotatable bonds is 3. The summed E-state index contributed by atoms with van der Waals surface area (Å²) in [6.45, 7) is 7.04. The highest BCUT2D eigenvalue weighted by Crippen LogP contribution is 2.66. The molecule has 0 unspecified atom stereocenters. The predicted octanol–water partition coefficient (Wildman–Crippen LogP) is 3.23. The monoisotopic (exact) mass is 294 g/mol. The number of hydrogen-bond donors (Lipinski definition) is 0. The van der Waals surface area contributed by atoms with Crippen molar-refractivity contribution < 1.29 is 19.1 Å². The molecule has 4 fully saturated rings. The van der Waals surface area contributed by atoms with Gasteiger partial charge in [-0.2, -0.15) is 0 Å². The van der Waals surface area contributed by atoms with E-state index in [1.54, 1.807) is 0 Å². The van der Waals surface area contributed by atoms with Crippen molar-refractivity contribution in [2.75, 3.05) is 0 Å². The maximum atomic E-state index is 11.6. The fourth-order valence-corrected chi connectivity index (χ4v) is 5.77. The standard InChI is InChI=1S/C17H26O4/c1-11(18)20-15(3,4)16-6-13-5-14(7-16)9-17(8-13,10-16)21-12(2)19/h13-14H,5-10H2,1-4H3/t13-,14-,16?,17?/m1/s1. The number of carbonyl (C=O) groups is 2. The lowest BCUT2D eigenvalue weighted by molar-refractivity contribution is -0.240. The molecule has 4 rings (SSSR count). The van der Waals surface area contributed by atoms with Crippen molar-refractivity contribution in [2.24, 2.45) is 17.3 Å². The van der Waals surface area contributed by atoms with E-state index >= 15 is 0 Å². The van der Waals surface area contributed by atoms with Crippen molar-refractivity contribution in [3.8, 4) is 0 Å². The number of hydrogen-bond acceptors (Lipinski definition) is 4. The smallest absolute Gasteiger partial charge is 0.303 e. The summed E-state index contributed by atoms with van der Waals surface area (Å²) in [6.07, 6.45) is 6.23. The van der Waals surface area contributed by atoms with Gasteiger partial charge in [0.05, 0.1) is 0 Å². The minimum atomic E-state index is -0.498. The Morgan fingerprint density at radius 1 is 1.00 bits per heavy atom. The van der Waals surface area contributed by atoms with E-state index < -0.39 is 5.60 Å². The van der Waals surface area contributed by atoms with Gasteiger partial charge in [-0.25, -0.2) is 0 Å². The number of ether oxygens (including phenoxy) is 2. The molecular weight excluding hydrogens is 268 g/mol. The van der Waals surface area contributed by atoms with E-state index in [9.17, 15) is 9.59 Å². The Bertz CT molecular complexity index is 465. The van der Waals surface area contributed by atoms with Gasteiger partial charge in [0.25, 0.3) is 0 Å². The highest BCUT2D eigenvalue weighted by Gasteiger charge is 2.64. The third kappa shape index (κ3) is 2.36.